The molecule has 1 aromatic rings. The number of rotatable bonds is 5. The fourth-order valence-electron chi connectivity index (χ4n) is 2.71. The van der Waals surface area contributed by atoms with E-state index < -0.39 is 0 Å². The first-order valence-corrected chi connectivity index (χ1v) is 8.01. The summed E-state index contributed by atoms with van der Waals surface area (Å²) in [4.78, 5) is 12.0. The Bertz CT molecular complexity index is 504. The van der Waals surface area contributed by atoms with Crippen LogP contribution in [0.5, 0.6) is 5.75 Å². The number of amides is 1. The van der Waals surface area contributed by atoms with Gasteiger partial charge in [-0.3, -0.25) is 0 Å². The number of hydrogen-bond donors (Lipinski definition) is 1. The summed E-state index contributed by atoms with van der Waals surface area (Å²) in [5.74, 6) is 2.29. The van der Waals surface area contributed by atoms with Crippen LogP contribution in [0.25, 0.3) is 0 Å². The van der Waals surface area contributed by atoms with Gasteiger partial charge in [0.15, 0.2) is 0 Å². The van der Waals surface area contributed by atoms with Gasteiger partial charge in [-0.25, -0.2) is 4.79 Å². The summed E-state index contributed by atoms with van der Waals surface area (Å²) in [6, 6.07) is 6.32. The highest BCUT2D eigenvalue weighted by Gasteiger charge is 2.32. The molecule has 21 heavy (non-hydrogen) atoms. The summed E-state index contributed by atoms with van der Waals surface area (Å²) in [7, 11) is 0. The molecular weight excluding hydrogens is 262 g/mol. The fraction of sp³-hybridized carbons (Fsp3) is 0.611. The van der Waals surface area contributed by atoms with Crippen molar-refractivity contribution < 1.29 is 9.53 Å². The molecule has 1 fully saturated rings. The molecule has 0 spiro atoms. The van der Waals surface area contributed by atoms with Crippen molar-refractivity contribution in [1.29, 1.82) is 0 Å². The van der Waals surface area contributed by atoms with Crippen molar-refractivity contribution >= 4 is 6.09 Å². The Morgan fingerprint density at radius 2 is 1.76 bits per heavy atom. The lowest BCUT2D eigenvalue weighted by atomic mass is 9.90. The molecule has 1 aromatic carbocycles. The van der Waals surface area contributed by atoms with E-state index in [2.05, 4.69) is 44.3 Å². The van der Waals surface area contributed by atoms with Crippen LogP contribution >= 0.6 is 0 Å². The van der Waals surface area contributed by atoms with E-state index in [1.165, 1.54) is 18.4 Å². The van der Waals surface area contributed by atoms with Gasteiger partial charge in [-0.1, -0.05) is 39.0 Å². The van der Waals surface area contributed by atoms with Crippen LogP contribution in [0.4, 0.5) is 4.79 Å². The van der Waals surface area contributed by atoms with Crippen molar-refractivity contribution in [1.82, 2.24) is 5.32 Å². The third-order valence-electron chi connectivity index (χ3n) is 4.12. The molecule has 0 heterocycles. The van der Waals surface area contributed by atoms with Gasteiger partial charge in [0.25, 0.3) is 0 Å². The maximum absolute atomic E-state index is 12.0. The van der Waals surface area contributed by atoms with Crippen molar-refractivity contribution in [3.63, 3.8) is 0 Å². The normalized spacial score (nSPS) is 16.1. The molecule has 2 rings (SSSR count). The van der Waals surface area contributed by atoms with E-state index in [-0.39, 0.29) is 12.1 Å². The molecule has 1 aliphatic rings. The molecule has 0 saturated heterocycles. The lowest BCUT2D eigenvalue weighted by Crippen LogP contribution is -2.33. The maximum Gasteiger partial charge on any atom is 0.412 e. The summed E-state index contributed by atoms with van der Waals surface area (Å²) in [6.45, 7) is 10.4. The third kappa shape index (κ3) is 3.99. The van der Waals surface area contributed by atoms with Crippen LogP contribution in [0.15, 0.2) is 18.2 Å². The zero-order valence-corrected chi connectivity index (χ0v) is 13.8. The molecule has 0 bridgehead atoms. The van der Waals surface area contributed by atoms with Crippen LogP contribution in [0.3, 0.4) is 0 Å². The Kier molecular flexibility index (Phi) is 4.92. The van der Waals surface area contributed by atoms with Gasteiger partial charge in [0, 0.05) is 6.04 Å². The van der Waals surface area contributed by atoms with Gasteiger partial charge in [-0.05, 0) is 55.6 Å². The summed E-state index contributed by atoms with van der Waals surface area (Å²) in [6.07, 6.45) is 2.21. The number of ether oxygens (including phenoxy) is 1. The molecule has 1 atom stereocenters. The third-order valence-corrected chi connectivity index (χ3v) is 4.12. The molecule has 0 aliphatic heterocycles. The van der Waals surface area contributed by atoms with E-state index in [0.717, 1.165) is 17.2 Å². The Morgan fingerprint density at radius 1 is 1.14 bits per heavy atom. The van der Waals surface area contributed by atoms with Crippen LogP contribution in [0.2, 0.25) is 0 Å². The monoisotopic (exact) mass is 289 g/mol. The number of nitrogens with one attached hydrogen (secondary N) is 1. The van der Waals surface area contributed by atoms with E-state index in [9.17, 15) is 4.79 Å². The Morgan fingerprint density at radius 3 is 2.29 bits per heavy atom. The second-order valence-corrected chi connectivity index (χ2v) is 6.73. The largest absolute Gasteiger partial charge is 0.412 e. The number of hydrogen-bond acceptors (Lipinski definition) is 2. The average Bonchev–Trinajstić information content (AvgIpc) is 3.21. The van der Waals surface area contributed by atoms with Crippen molar-refractivity contribution in [2.75, 3.05) is 0 Å². The van der Waals surface area contributed by atoms with Crippen molar-refractivity contribution in [3.8, 4) is 5.75 Å². The van der Waals surface area contributed by atoms with Gasteiger partial charge in [-0.15, -0.1) is 0 Å². The molecule has 0 radical (unpaired) electrons. The van der Waals surface area contributed by atoms with Gasteiger partial charge in [0.2, 0.25) is 0 Å². The van der Waals surface area contributed by atoms with E-state index in [1.807, 2.05) is 13.8 Å². The van der Waals surface area contributed by atoms with Crippen LogP contribution in [0, 0.1) is 5.92 Å². The molecule has 0 unspecified atom stereocenters. The van der Waals surface area contributed by atoms with E-state index in [1.54, 1.807) is 0 Å². The van der Waals surface area contributed by atoms with Gasteiger partial charge < -0.3 is 10.1 Å². The molecule has 3 heteroatoms. The zero-order chi connectivity index (χ0) is 15.6. The summed E-state index contributed by atoms with van der Waals surface area (Å²) in [5.41, 5.74) is 2.28. The predicted molar refractivity (Wildman–Crippen MR) is 86.0 cm³/mol. The molecule has 1 aliphatic carbocycles. The van der Waals surface area contributed by atoms with E-state index in [0.29, 0.717) is 11.8 Å². The minimum absolute atomic E-state index is 0.0769. The average molecular weight is 289 g/mol. The highest BCUT2D eigenvalue weighted by atomic mass is 16.6. The molecule has 0 aromatic heterocycles. The highest BCUT2D eigenvalue weighted by molar-refractivity contribution is 5.72. The van der Waals surface area contributed by atoms with Crippen molar-refractivity contribution in [3.05, 3.63) is 29.3 Å². The van der Waals surface area contributed by atoms with Gasteiger partial charge in [-0.2, -0.15) is 0 Å². The van der Waals surface area contributed by atoms with Gasteiger partial charge in [0.05, 0.1) is 0 Å². The van der Waals surface area contributed by atoms with Gasteiger partial charge >= 0.3 is 6.09 Å². The Balaban J connectivity index is 2.31. The zero-order valence-electron chi connectivity index (χ0n) is 13.8. The number of benzene rings is 1. The SMILES string of the molecule is CC(C)NC(=O)Oc1c(C(C)C)cccc1[C@H](C)C1CC1. The Hall–Kier alpha value is -1.51. The maximum atomic E-state index is 12.0. The van der Waals surface area contributed by atoms with E-state index >= 15 is 0 Å². The molecule has 1 saturated carbocycles. The predicted octanol–water partition coefficient (Wildman–Crippen LogP) is 4.82. The Labute approximate surface area is 128 Å². The van der Waals surface area contributed by atoms with Gasteiger partial charge in [0.1, 0.15) is 5.75 Å². The fourth-order valence-corrected chi connectivity index (χ4v) is 2.71. The highest BCUT2D eigenvalue weighted by Crippen LogP contribution is 2.46. The molecular formula is C18H27NO2. The first-order chi connectivity index (χ1) is 9.90. The minimum Gasteiger partial charge on any atom is -0.410 e. The summed E-state index contributed by atoms with van der Waals surface area (Å²) in [5, 5.41) is 2.81. The second-order valence-electron chi connectivity index (χ2n) is 6.73. The quantitative estimate of drug-likeness (QED) is 0.844. The molecule has 1 amide bonds. The summed E-state index contributed by atoms with van der Waals surface area (Å²) < 4.78 is 5.70. The minimum atomic E-state index is -0.359. The summed E-state index contributed by atoms with van der Waals surface area (Å²) >= 11 is 0. The van der Waals surface area contributed by atoms with Crippen LogP contribution in [-0.4, -0.2) is 12.1 Å². The van der Waals surface area contributed by atoms with Crippen LogP contribution in [0.1, 0.15) is 70.4 Å². The first-order valence-electron chi connectivity index (χ1n) is 8.01. The molecule has 3 nitrogen and oxygen atoms in total. The van der Waals surface area contributed by atoms with Crippen LogP contribution in [-0.2, 0) is 0 Å². The second kappa shape index (κ2) is 6.50. The van der Waals surface area contributed by atoms with Crippen molar-refractivity contribution in [2.24, 2.45) is 5.92 Å². The standard InChI is InChI=1S/C18H27NO2/c1-11(2)15-7-6-8-16(13(5)14-9-10-14)17(15)21-18(20)19-12(3)4/h6-8,11-14H,9-10H2,1-5H3,(H,19,20)/t13-/m1/s1. The number of carbonyl (C=O) groups excluding carboxylic acids is 1. The van der Waals surface area contributed by atoms with Crippen LogP contribution < -0.4 is 10.1 Å². The topological polar surface area (TPSA) is 38.3 Å². The smallest absolute Gasteiger partial charge is 0.410 e. The first kappa shape index (κ1) is 15.9. The molecule has 116 valence electrons. The number of para-hydroxylation sites is 1. The lowest BCUT2D eigenvalue weighted by Gasteiger charge is -2.21. The van der Waals surface area contributed by atoms with E-state index in [4.69, 9.17) is 4.74 Å². The van der Waals surface area contributed by atoms with Crippen molar-refractivity contribution in [2.45, 2.75) is 65.3 Å². The lowest BCUT2D eigenvalue weighted by molar-refractivity contribution is 0.196. The number of carbonyl (C=O) groups is 1. The molecule has 1 N–H and O–H groups in total.